The Bertz CT molecular complexity index is 735. The van der Waals surface area contributed by atoms with E-state index in [4.69, 9.17) is 0 Å². The van der Waals surface area contributed by atoms with Gasteiger partial charge in [-0.05, 0) is 22.0 Å². The highest BCUT2D eigenvalue weighted by Gasteiger charge is 2.12. The number of aromatic nitrogens is 3. The molecule has 0 radical (unpaired) electrons. The summed E-state index contributed by atoms with van der Waals surface area (Å²) in [6, 6.07) is 2.13. The van der Waals surface area contributed by atoms with E-state index in [1.165, 1.54) is 4.88 Å². The van der Waals surface area contributed by atoms with E-state index in [-0.39, 0.29) is 0 Å². The lowest BCUT2D eigenvalue weighted by Gasteiger charge is -2.18. The maximum Gasteiger partial charge on any atom is 0.180 e. The van der Waals surface area contributed by atoms with Crippen LogP contribution in [0, 0.1) is 0 Å². The molecule has 0 aliphatic rings. The molecule has 0 spiro atoms. The van der Waals surface area contributed by atoms with Crippen LogP contribution in [0.15, 0.2) is 34.5 Å². The summed E-state index contributed by atoms with van der Waals surface area (Å²) in [5.41, 5.74) is 0.863. The van der Waals surface area contributed by atoms with Gasteiger partial charge >= 0.3 is 0 Å². The van der Waals surface area contributed by atoms with Gasteiger partial charge in [0.05, 0.1) is 12.7 Å². The maximum atomic E-state index is 4.62. The minimum atomic E-state index is 0.805. The standard InChI is InChI=1S/C13H14BrN5S/c1-15-11-7-19-4-3-16-12(19)13(17-11)18(2)6-10-5-9(14)8-20-10/h3-5,7-8,15H,6H2,1-2H3. The van der Waals surface area contributed by atoms with Gasteiger partial charge < -0.3 is 14.6 Å². The second-order valence-corrected chi connectivity index (χ2v) is 6.36. The van der Waals surface area contributed by atoms with E-state index in [0.29, 0.717) is 0 Å². The van der Waals surface area contributed by atoms with Crippen LogP contribution < -0.4 is 10.2 Å². The Morgan fingerprint density at radius 1 is 1.50 bits per heavy atom. The maximum absolute atomic E-state index is 4.62. The van der Waals surface area contributed by atoms with Crippen molar-refractivity contribution in [3.8, 4) is 0 Å². The van der Waals surface area contributed by atoms with Crippen molar-refractivity contribution >= 4 is 44.5 Å². The Labute approximate surface area is 129 Å². The summed E-state index contributed by atoms with van der Waals surface area (Å²) < 4.78 is 3.10. The number of anilines is 2. The molecule has 7 heteroatoms. The summed E-state index contributed by atoms with van der Waals surface area (Å²) >= 11 is 5.22. The van der Waals surface area contributed by atoms with Gasteiger partial charge in [0.15, 0.2) is 11.5 Å². The molecule has 0 amide bonds. The molecule has 0 unspecified atom stereocenters. The van der Waals surface area contributed by atoms with Crippen molar-refractivity contribution < 1.29 is 0 Å². The number of nitrogens with one attached hydrogen (secondary N) is 1. The molecular formula is C13H14BrN5S. The van der Waals surface area contributed by atoms with Gasteiger partial charge in [0, 0.05) is 41.2 Å². The van der Waals surface area contributed by atoms with E-state index in [9.17, 15) is 0 Å². The molecule has 3 aromatic heterocycles. The third-order valence-electron chi connectivity index (χ3n) is 2.99. The summed E-state index contributed by atoms with van der Waals surface area (Å²) in [6.07, 6.45) is 5.65. The molecule has 0 saturated carbocycles. The molecule has 0 fully saturated rings. The van der Waals surface area contributed by atoms with Crippen LogP contribution in [0.2, 0.25) is 0 Å². The third-order valence-corrected chi connectivity index (χ3v) is 4.67. The molecule has 0 atom stereocenters. The second kappa shape index (κ2) is 5.41. The fraction of sp³-hybridized carbons (Fsp3) is 0.231. The van der Waals surface area contributed by atoms with Crippen LogP contribution in [0.5, 0.6) is 0 Å². The number of thiophene rings is 1. The van der Waals surface area contributed by atoms with E-state index in [0.717, 1.165) is 28.3 Å². The third kappa shape index (κ3) is 2.51. The molecule has 104 valence electrons. The van der Waals surface area contributed by atoms with Crippen molar-refractivity contribution in [1.82, 2.24) is 14.4 Å². The van der Waals surface area contributed by atoms with Gasteiger partial charge in [0.1, 0.15) is 5.82 Å². The van der Waals surface area contributed by atoms with Crippen LogP contribution >= 0.6 is 27.3 Å². The lowest BCUT2D eigenvalue weighted by atomic mass is 10.4. The molecule has 3 heterocycles. The van der Waals surface area contributed by atoms with Crippen molar-refractivity contribution in [2.24, 2.45) is 0 Å². The van der Waals surface area contributed by atoms with Crippen molar-refractivity contribution in [3.05, 3.63) is 39.4 Å². The average Bonchev–Trinajstić information content (AvgIpc) is 3.06. The molecule has 0 aliphatic heterocycles. The molecule has 1 N–H and O–H groups in total. The zero-order valence-corrected chi connectivity index (χ0v) is 13.6. The Balaban J connectivity index is 1.97. The highest BCUT2D eigenvalue weighted by Crippen LogP contribution is 2.25. The number of nitrogens with zero attached hydrogens (tertiary/aromatic N) is 4. The summed E-state index contributed by atoms with van der Waals surface area (Å²) in [4.78, 5) is 12.4. The summed E-state index contributed by atoms with van der Waals surface area (Å²) in [7, 11) is 3.90. The van der Waals surface area contributed by atoms with Gasteiger partial charge in [-0.1, -0.05) is 0 Å². The lowest BCUT2D eigenvalue weighted by molar-refractivity contribution is 0.906. The van der Waals surface area contributed by atoms with Crippen LogP contribution in [0.4, 0.5) is 11.6 Å². The number of hydrogen-bond donors (Lipinski definition) is 1. The van der Waals surface area contributed by atoms with Crippen LogP contribution in [0.3, 0.4) is 0 Å². The molecular weight excluding hydrogens is 338 g/mol. The molecule has 0 saturated heterocycles. The van der Waals surface area contributed by atoms with E-state index >= 15 is 0 Å². The van der Waals surface area contributed by atoms with Gasteiger partial charge in [0.25, 0.3) is 0 Å². The number of imidazole rings is 1. The minimum absolute atomic E-state index is 0.805. The molecule has 3 aromatic rings. The van der Waals surface area contributed by atoms with E-state index in [2.05, 4.69) is 47.6 Å². The van der Waals surface area contributed by atoms with E-state index in [1.54, 1.807) is 17.5 Å². The van der Waals surface area contributed by atoms with Crippen LogP contribution in [-0.4, -0.2) is 28.5 Å². The first-order valence-corrected chi connectivity index (χ1v) is 7.80. The quantitative estimate of drug-likeness (QED) is 0.783. The Hall–Kier alpha value is -1.60. The lowest BCUT2D eigenvalue weighted by Crippen LogP contribution is -2.18. The number of halogens is 1. The first kappa shape index (κ1) is 13.4. The molecule has 5 nitrogen and oxygen atoms in total. The average molecular weight is 352 g/mol. The van der Waals surface area contributed by atoms with Crippen LogP contribution in [-0.2, 0) is 6.54 Å². The largest absolute Gasteiger partial charge is 0.372 e. The van der Waals surface area contributed by atoms with Crippen molar-refractivity contribution in [3.63, 3.8) is 0 Å². The summed E-state index contributed by atoms with van der Waals surface area (Å²) in [6.45, 7) is 0.805. The SMILES string of the molecule is CNc1cn2ccnc2c(N(C)Cc2cc(Br)cs2)n1. The topological polar surface area (TPSA) is 45.5 Å². The predicted molar refractivity (Wildman–Crippen MR) is 86.7 cm³/mol. The zero-order valence-electron chi connectivity index (χ0n) is 11.2. The first-order chi connectivity index (χ1) is 9.67. The number of hydrogen-bond acceptors (Lipinski definition) is 5. The molecule has 0 aromatic carbocycles. The van der Waals surface area contributed by atoms with Gasteiger partial charge in [-0.3, -0.25) is 0 Å². The molecule has 0 aliphatic carbocycles. The fourth-order valence-corrected chi connectivity index (χ4v) is 3.54. The van der Waals surface area contributed by atoms with Gasteiger partial charge in [0.2, 0.25) is 0 Å². The fourth-order valence-electron chi connectivity index (χ4n) is 2.04. The zero-order chi connectivity index (χ0) is 14.1. The van der Waals surface area contributed by atoms with Crippen LogP contribution in [0.1, 0.15) is 4.88 Å². The number of rotatable bonds is 4. The van der Waals surface area contributed by atoms with Crippen molar-refractivity contribution in [1.29, 1.82) is 0 Å². The second-order valence-electron chi connectivity index (χ2n) is 4.45. The Morgan fingerprint density at radius 2 is 2.35 bits per heavy atom. The smallest absolute Gasteiger partial charge is 0.180 e. The Kier molecular flexibility index (Phi) is 3.62. The Morgan fingerprint density at radius 3 is 3.05 bits per heavy atom. The van der Waals surface area contributed by atoms with E-state index < -0.39 is 0 Å². The summed E-state index contributed by atoms with van der Waals surface area (Å²) in [5.74, 6) is 1.69. The summed E-state index contributed by atoms with van der Waals surface area (Å²) in [5, 5.41) is 5.17. The van der Waals surface area contributed by atoms with E-state index in [1.807, 2.05) is 30.9 Å². The van der Waals surface area contributed by atoms with Gasteiger partial charge in [-0.25, -0.2) is 9.97 Å². The normalized spacial score (nSPS) is 10.9. The molecule has 20 heavy (non-hydrogen) atoms. The van der Waals surface area contributed by atoms with Gasteiger partial charge in [-0.15, -0.1) is 11.3 Å². The first-order valence-electron chi connectivity index (χ1n) is 6.13. The highest BCUT2D eigenvalue weighted by atomic mass is 79.9. The molecule has 3 rings (SSSR count). The van der Waals surface area contributed by atoms with Gasteiger partial charge in [-0.2, -0.15) is 0 Å². The van der Waals surface area contributed by atoms with Crippen molar-refractivity contribution in [2.75, 3.05) is 24.3 Å². The minimum Gasteiger partial charge on any atom is -0.372 e. The molecule has 0 bridgehead atoms. The highest BCUT2D eigenvalue weighted by molar-refractivity contribution is 9.10. The number of fused-ring (bicyclic) bond motifs is 1. The predicted octanol–water partition coefficient (Wildman–Crippen LogP) is 3.23. The van der Waals surface area contributed by atoms with Crippen LogP contribution in [0.25, 0.3) is 5.65 Å². The van der Waals surface area contributed by atoms with Crippen molar-refractivity contribution in [2.45, 2.75) is 6.54 Å². The monoisotopic (exact) mass is 351 g/mol.